The van der Waals surface area contributed by atoms with Gasteiger partial charge in [-0.3, -0.25) is 4.68 Å². The van der Waals surface area contributed by atoms with Crippen LogP contribution < -0.4 is 0 Å². The van der Waals surface area contributed by atoms with E-state index in [-0.39, 0.29) is 19.6 Å². The molecule has 0 aliphatic carbocycles. The lowest BCUT2D eigenvalue weighted by Gasteiger charge is -2.29. The number of nitrogens with zero attached hydrogens (tertiary/aromatic N) is 3. The molecule has 5 nitrogen and oxygen atoms in total. The van der Waals surface area contributed by atoms with Gasteiger partial charge < -0.3 is 10.2 Å². The Labute approximate surface area is 110 Å². The van der Waals surface area contributed by atoms with Crippen molar-refractivity contribution in [2.24, 2.45) is 7.05 Å². The molecule has 2 N–H and O–H groups in total. The standard InChI is InChI=1S/C13H16FN3O2/c1-17-12(15-9-16-17)6-13(7-18,8-19)10-3-2-4-11(14)5-10/h2-5,9,18-19H,6-8H2,1H3. The Balaban J connectivity index is 2.40. The van der Waals surface area contributed by atoms with Crippen LogP contribution >= 0.6 is 0 Å². The number of hydrogen-bond acceptors (Lipinski definition) is 4. The fourth-order valence-electron chi connectivity index (χ4n) is 2.05. The molecule has 6 heteroatoms. The van der Waals surface area contributed by atoms with E-state index in [0.717, 1.165) is 0 Å². The summed E-state index contributed by atoms with van der Waals surface area (Å²) >= 11 is 0. The van der Waals surface area contributed by atoms with Crippen LogP contribution in [0.5, 0.6) is 0 Å². The van der Waals surface area contributed by atoms with Gasteiger partial charge in [0, 0.05) is 18.9 Å². The van der Waals surface area contributed by atoms with Crippen molar-refractivity contribution < 1.29 is 14.6 Å². The van der Waals surface area contributed by atoms with Crippen molar-refractivity contribution in [3.8, 4) is 0 Å². The molecule has 0 radical (unpaired) electrons. The van der Waals surface area contributed by atoms with Crippen LogP contribution in [0.25, 0.3) is 0 Å². The minimum absolute atomic E-state index is 0.278. The molecule has 0 aliphatic heterocycles. The highest BCUT2D eigenvalue weighted by Gasteiger charge is 2.33. The van der Waals surface area contributed by atoms with Crippen LogP contribution in [0.15, 0.2) is 30.6 Å². The average molecular weight is 265 g/mol. The van der Waals surface area contributed by atoms with Gasteiger partial charge in [-0.2, -0.15) is 5.10 Å². The predicted octanol–water partition coefficient (Wildman–Crippen LogP) is 0.419. The summed E-state index contributed by atoms with van der Waals surface area (Å²) in [6.45, 7) is -0.611. The Bertz CT molecular complexity index is 552. The number of halogens is 1. The Morgan fingerprint density at radius 2 is 2.05 bits per heavy atom. The first-order valence-corrected chi connectivity index (χ1v) is 5.92. The van der Waals surface area contributed by atoms with E-state index in [1.807, 2.05) is 0 Å². The Hall–Kier alpha value is -1.79. The van der Waals surface area contributed by atoms with E-state index in [4.69, 9.17) is 0 Å². The summed E-state index contributed by atoms with van der Waals surface area (Å²) in [5.74, 6) is 0.217. The van der Waals surface area contributed by atoms with Crippen LogP contribution in [0, 0.1) is 5.82 Å². The van der Waals surface area contributed by atoms with E-state index in [1.165, 1.54) is 18.5 Å². The third-order valence-corrected chi connectivity index (χ3v) is 3.34. The minimum Gasteiger partial charge on any atom is -0.395 e. The van der Waals surface area contributed by atoms with Gasteiger partial charge in [-0.1, -0.05) is 12.1 Å². The molecule has 0 aliphatic rings. The molecule has 1 heterocycles. The van der Waals surface area contributed by atoms with E-state index in [0.29, 0.717) is 11.4 Å². The van der Waals surface area contributed by atoms with Gasteiger partial charge in [-0.05, 0) is 17.7 Å². The summed E-state index contributed by atoms with van der Waals surface area (Å²) in [6, 6.07) is 5.89. The van der Waals surface area contributed by atoms with Gasteiger partial charge in [-0.25, -0.2) is 9.37 Å². The molecule has 0 unspecified atom stereocenters. The fraction of sp³-hybridized carbons (Fsp3) is 0.385. The molecule has 0 atom stereocenters. The lowest BCUT2D eigenvalue weighted by atomic mass is 9.78. The summed E-state index contributed by atoms with van der Waals surface area (Å²) in [4.78, 5) is 4.08. The first-order valence-electron chi connectivity index (χ1n) is 5.92. The van der Waals surface area contributed by atoms with E-state index in [9.17, 15) is 14.6 Å². The molecular formula is C13H16FN3O2. The molecule has 0 amide bonds. The van der Waals surface area contributed by atoms with Gasteiger partial charge in [0.2, 0.25) is 0 Å². The van der Waals surface area contributed by atoms with E-state index in [2.05, 4.69) is 10.1 Å². The molecule has 1 aromatic heterocycles. The zero-order valence-corrected chi connectivity index (χ0v) is 10.6. The first-order chi connectivity index (χ1) is 9.11. The van der Waals surface area contributed by atoms with Gasteiger partial charge in [0.05, 0.1) is 13.2 Å². The maximum absolute atomic E-state index is 13.3. The highest BCUT2D eigenvalue weighted by atomic mass is 19.1. The normalized spacial score (nSPS) is 11.8. The highest BCUT2D eigenvalue weighted by Crippen LogP contribution is 2.27. The number of hydrogen-bond donors (Lipinski definition) is 2. The van der Waals surface area contributed by atoms with Crippen molar-refractivity contribution in [1.82, 2.24) is 14.8 Å². The van der Waals surface area contributed by atoms with E-state index >= 15 is 0 Å². The number of aromatic nitrogens is 3. The van der Waals surface area contributed by atoms with E-state index in [1.54, 1.807) is 23.9 Å². The molecule has 0 bridgehead atoms. The zero-order chi connectivity index (χ0) is 13.9. The number of rotatable bonds is 5. The lowest BCUT2D eigenvalue weighted by Crippen LogP contribution is -2.38. The largest absolute Gasteiger partial charge is 0.395 e. The molecule has 1 aromatic carbocycles. The molecular weight excluding hydrogens is 249 g/mol. The summed E-state index contributed by atoms with van der Waals surface area (Å²) in [7, 11) is 1.73. The smallest absolute Gasteiger partial charge is 0.138 e. The van der Waals surface area contributed by atoms with Gasteiger partial charge in [0.1, 0.15) is 18.0 Å². The fourth-order valence-corrected chi connectivity index (χ4v) is 2.05. The van der Waals surface area contributed by atoms with Crippen molar-refractivity contribution in [3.05, 3.63) is 47.8 Å². The average Bonchev–Trinajstić information content (AvgIpc) is 2.81. The van der Waals surface area contributed by atoms with Crippen molar-refractivity contribution >= 4 is 0 Å². The number of aliphatic hydroxyl groups is 2. The minimum atomic E-state index is -0.969. The Morgan fingerprint density at radius 3 is 2.58 bits per heavy atom. The summed E-state index contributed by atoms with van der Waals surface area (Å²) in [5, 5.41) is 23.3. The zero-order valence-electron chi connectivity index (χ0n) is 10.6. The SMILES string of the molecule is Cn1ncnc1CC(CO)(CO)c1cccc(F)c1. The van der Waals surface area contributed by atoms with Crippen LogP contribution in [0.1, 0.15) is 11.4 Å². The summed E-state index contributed by atoms with van der Waals surface area (Å²) in [6.07, 6.45) is 1.68. The number of aryl methyl sites for hydroxylation is 1. The van der Waals surface area contributed by atoms with Crippen LogP contribution in [0.3, 0.4) is 0 Å². The second-order valence-corrected chi connectivity index (χ2v) is 4.58. The molecule has 19 heavy (non-hydrogen) atoms. The second kappa shape index (κ2) is 5.46. The monoisotopic (exact) mass is 265 g/mol. The van der Waals surface area contributed by atoms with Gasteiger partial charge in [0.15, 0.2) is 0 Å². The molecule has 0 fully saturated rings. The van der Waals surface area contributed by atoms with Crippen LogP contribution in [0.4, 0.5) is 4.39 Å². The number of benzene rings is 1. The van der Waals surface area contributed by atoms with Crippen molar-refractivity contribution in [3.63, 3.8) is 0 Å². The molecule has 0 saturated heterocycles. The molecule has 102 valence electrons. The third kappa shape index (κ3) is 2.64. The van der Waals surface area contributed by atoms with Gasteiger partial charge in [-0.15, -0.1) is 0 Å². The van der Waals surface area contributed by atoms with Crippen LogP contribution in [-0.2, 0) is 18.9 Å². The predicted molar refractivity (Wildman–Crippen MR) is 67.0 cm³/mol. The van der Waals surface area contributed by atoms with Crippen molar-refractivity contribution in [2.75, 3.05) is 13.2 Å². The maximum Gasteiger partial charge on any atom is 0.138 e. The number of aliphatic hydroxyl groups excluding tert-OH is 2. The maximum atomic E-state index is 13.3. The van der Waals surface area contributed by atoms with Crippen molar-refractivity contribution in [2.45, 2.75) is 11.8 Å². The third-order valence-electron chi connectivity index (χ3n) is 3.34. The Kier molecular flexibility index (Phi) is 3.92. The molecule has 2 rings (SSSR count). The van der Waals surface area contributed by atoms with Crippen LogP contribution in [0.2, 0.25) is 0 Å². The first kappa shape index (κ1) is 13.6. The lowest BCUT2D eigenvalue weighted by molar-refractivity contribution is 0.113. The van der Waals surface area contributed by atoms with Crippen molar-refractivity contribution in [1.29, 1.82) is 0 Å². The quantitative estimate of drug-likeness (QED) is 0.822. The van der Waals surface area contributed by atoms with E-state index < -0.39 is 11.2 Å². The van der Waals surface area contributed by atoms with Crippen LogP contribution in [-0.4, -0.2) is 38.2 Å². The topological polar surface area (TPSA) is 71.2 Å². The molecule has 0 saturated carbocycles. The highest BCUT2D eigenvalue weighted by molar-refractivity contribution is 5.28. The van der Waals surface area contributed by atoms with Gasteiger partial charge >= 0.3 is 0 Å². The molecule has 2 aromatic rings. The second-order valence-electron chi connectivity index (χ2n) is 4.58. The summed E-state index contributed by atoms with van der Waals surface area (Å²) in [5.41, 5.74) is -0.427. The van der Waals surface area contributed by atoms with Gasteiger partial charge in [0.25, 0.3) is 0 Å². The summed E-state index contributed by atoms with van der Waals surface area (Å²) < 4.78 is 14.9. The molecule has 0 spiro atoms. The Morgan fingerprint density at radius 1 is 1.32 bits per heavy atom.